The lowest BCUT2D eigenvalue weighted by Crippen LogP contribution is -2.12. The zero-order valence-corrected chi connectivity index (χ0v) is 12.4. The molecule has 0 saturated heterocycles. The third-order valence-electron chi connectivity index (χ3n) is 2.74. The fourth-order valence-corrected chi connectivity index (χ4v) is 2.53. The minimum Gasteiger partial charge on any atom is -0.302 e. The highest BCUT2D eigenvalue weighted by molar-refractivity contribution is 7.15. The molecule has 0 atom stereocenters. The fraction of sp³-hybridized carbons (Fsp3) is 0.286. The second-order valence-electron chi connectivity index (χ2n) is 4.41. The molecule has 0 saturated carbocycles. The summed E-state index contributed by atoms with van der Waals surface area (Å²) in [4.78, 5) is 17.0. The van der Waals surface area contributed by atoms with E-state index < -0.39 is 0 Å². The van der Waals surface area contributed by atoms with E-state index in [9.17, 15) is 4.79 Å². The molecule has 0 fully saturated rings. The van der Waals surface area contributed by atoms with E-state index in [1.54, 1.807) is 6.20 Å². The van der Waals surface area contributed by atoms with Crippen LogP contribution in [-0.4, -0.2) is 10.9 Å². The summed E-state index contributed by atoms with van der Waals surface area (Å²) in [6, 6.07) is 5.89. The number of rotatable bonds is 4. The van der Waals surface area contributed by atoms with E-state index in [0.717, 1.165) is 21.0 Å². The van der Waals surface area contributed by atoms with E-state index in [1.165, 1.54) is 11.3 Å². The Morgan fingerprint density at radius 1 is 1.42 bits per heavy atom. The van der Waals surface area contributed by atoms with Crippen molar-refractivity contribution < 1.29 is 4.79 Å². The number of aromatic nitrogens is 1. The Hall–Kier alpha value is -1.39. The van der Waals surface area contributed by atoms with Crippen LogP contribution in [-0.2, 0) is 11.2 Å². The van der Waals surface area contributed by atoms with Gasteiger partial charge in [-0.1, -0.05) is 23.7 Å². The van der Waals surface area contributed by atoms with Crippen LogP contribution < -0.4 is 5.32 Å². The number of thiazole rings is 1. The molecule has 1 N–H and O–H groups in total. The maximum atomic E-state index is 11.8. The number of aryl methyl sites for hydroxylation is 3. The number of halogens is 1. The molecular formula is C14H15ClN2OS. The molecule has 0 aliphatic carbocycles. The average Bonchev–Trinajstić information content (AvgIpc) is 2.76. The largest absolute Gasteiger partial charge is 0.302 e. The number of hydrogen-bond acceptors (Lipinski definition) is 3. The van der Waals surface area contributed by atoms with Gasteiger partial charge in [-0.3, -0.25) is 4.79 Å². The predicted molar refractivity (Wildman–Crippen MR) is 80.0 cm³/mol. The summed E-state index contributed by atoms with van der Waals surface area (Å²) in [6.07, 6.45) is 2.86. The molecule has 2 rings (SSSR count). The van der Waals surface area contributed by atoms with Crippen molar-refractivity contribution in [1.29, 1.82) is 0 Å². The number of benzene rings is 1. The summed E-state index contributed by atoms with van der Waals surface area (Å²) in [5.41, 5.74) is 2.12. The molecule has 1 aromatic heterocycles. The van der Waals surface area contributed by atoms with Gasteiger partial charge in [0.15, 0.2) is 5.13 Å². The molecule has 0 radical (unpaired) electrons. The van der Waals surface area contributed by atoms with Gasteiger partial charge < -0.3 is 5.32 Å². The summed E-state index contributed by atoms with van der Waals surface area (Å²) in [5, 5.41) is 4.20. The Kier molecular flexibility index (Phi) is 4.56. The van der Waals surface area contributed by atoms with Crippen molar-refractivity contribution >= 4 is 34.0 Å². The van der Waals surface area contributed by atoms with Gasteiger partial charge in [-0.05, 0) is 37.5 Å². The van der Waals surface area contributed by atoms with E-state index in [2.05, 4.69) is 10.3 Å². The van der Waals surface area contributed by atoms with Crippen molar-refractivity contribution in [3.63, 3.8) is 0 Å². The first-order valence-electron chi connectivity index (χ1n) is 6.02. The first-order valence-corrected chi connectivity index (χ1v) is 7.21. The van der Waals surface area contributed by atoms with Crippen LogP contribution in [0.15, 0.2) is 24.4 Å². The zero-order chi connectivity index (χ0) is 13.8. The summed E-state index contributed by atoms with van der Waals surface area (Å²) >= 11 is 7.53. The summed E-state index contributed by atoms with van der Waals surface area (Å²) < 4.78 is 0. The van der Waals surface area contributed by atoms with Gasteiger partial charge in [-0.25, -0.2) is 4.98 Å². The minimum atomic E-state index is -0.0222. The standard InChI is InChI=1S/C14H15ClN2OS/c1-9-3-4-11(7-12(9)15)5-6-13(18)17-14-16-8-10(2)19-14/h3-4,7-8H,5-6H2,1-2H3,(H,16,17,18). The predicted octanol–water partition coefficient (Wildman–Crippen LogP) is 3.98. The molecule has 1 heterocycles. The van der Waals surface area contributed by atoms with Crippen molar-refractivity contribution in [2.45, 2.75) is 26.7 Å². The minimum absolute atomic E-state index is 0.0222. The first-order chi connectivity index (χ1) is 9.04. The molecule has 100 valence electrons. The van der Waals surface area contributed by atoms with Gasteiger partial charge in [0.1, 0.15) is 0 Å². The fourth-order valence-electron chi connectivity index (χ4n) is 1.64. The molecule has 1 amide bonds. The van der Waals surface area contributed by atoms with Crippen molar-refractivity contribution in [2.75, 3.05) is 5.32 Å². The second kappa shape index (κ2) is 6.17. The van der Waals surface area contributed by atoms with Crippen LogP contribution in [0.2, 0.25) is 5.02 Å². The smallest absolute Gasteiger partial charge is 0.226 e. The van der Waals surface area contributed by atoms with Gasteiger partial charge in [0.05, 0.1) is 0 Å². The molecule has 0 spiro atoms. The van der Waals surface area contributed by atoms with E-state index in [4.69, 9.17) is 11.6 Å². The SMILES string of the molecule is Cc1cnc(NC(=O)CCc2ccc(C)c(Cl)c2)s1. The lowest BCUT2D eigenvalue weighted by Gasteiger charge is -2.04. The maximum Gasteiger partial charge on any atom is 0.226 e. The molecule has 0 bridgehead atoms. The molecule has 5 heteroatoms. The second-order valence-corrected chi connectivity index (χ2v) is 6.05. The highest BCUT2D eigenvalue weighted by Gasteiger charge is 2.06. The molecule has 1 aromatic carbocycles. The Balaban J connectivity index is 1.88. The zero-order valence-electron chi connectivity index (χ0n) is 10.9. The van der Waals surface area contributed by atoms with Crippen LogP contribution in [0.3, 0.4) is 0 Å². The van der Waals surface area contributed by atoms with Crippen LogP contribution >= 0.6 is 22.9 Å². The highest BCUT2D eigenvalue weighted by Crippen LogP contribution is 2.19. The van der Waals surface area contributed by atoms with Gasteiger partial charge in [0.2, 0.25) is 5.91 Å². The number of nitrogens with one attached hydrogen (secondary N) is 1. The van der Waals surface area contributed by atoms with Crippen LogP contribution in [0, 0.1) is 13.8 Å². The van der Waals surface area contributed by atoms with Crippen molar-refractivity contribution in [1.82, 2.24) is 4.98 Å². The molecule has 0 aliphatic rings. The third kappa shape index (κ3) is 4.04. The van der Waals surface area contributed by atoms with Crippen LogP contribution in [0.4, 0.5) is 5.13 Å². The Morgan fingerprint density at radius 2 is 2.21 bits per heavy atom. The van der Waals surface area contributed by atoms with Gasteiger partial charge >= 0.3 is 0 Å². The monoisotopic (exact) mass is 294 g/mol. The normalized spacial score (nSPS) is 10.5. The van der Waals surface area contributed by atoms with Crippen molar-refractivity contribution in [3.05, 3.63) is 45.4 Å². The molecule has 2 aromatic rings. The van der Waals surface area contributed by atoms with E-state index in [-0.39, 0.29) is 5.91 Å². The molecular weight excluding hydrogens is 280 g/mol. The van der Waals surface area contributed by atoms with Crippen molar-refractivity contribution in [3.8, 4) is 0 Å². The number of amides is 1. The summed E-state index contributed by atoms with van der Waals surface area (Å²) in [7, 11) is 0. The Bertz CT molecular complexity index is 595. The molecule has 3 nitrogen and oxygen atoms in total. The van der Waals surface area contributed by atoms with Crippen LogP contribution in [0.5, 0.6) is 0 Å². The van der Waals surface area contributed by atoms with Gasteiger partial charge in [-0.2, -0.15) is 0 Å². The lowest BCUT2D eigenvalue weighted by atomic mass is 10.1. The van der Waals surface area contributed by atoms with Gasteiger partial charge in [0, 0.05) is 22.5 Å². The van der Waals surface area contributed by atoms with Crippen LogP contribution in [0.25, 0.3) is 0 Å². The number of carbonyl (C=O) groups is 1. The molecule has 19 heavy (non-hydrogen) atoms. The number of carbonyl (C=O) groups excluding carboxylic acids is 1. The van der Waals surface area contributed by atoms with E-state index in [1.807, 2.05) is 32.0 Å². The first kappa shape index (κ1) is 14.0. The number of nitrogens with zero attached hydrogens (tertiary/aromatic N) is 1. The van der Waals surface area contributed by atoms with E-state index in [0.29, 0.717) is 18.0 Å². The van der Waals surface area contributed by atoms with Crippen LogP contribution in [0.1, 0.15) is 22.4 Å². The number of anilines is 1. The van der Waals surface area contributed by atoms with E-state index >= 15 is 0 Å². The Morgan fingerprint density at radius 3 is 2.84 bits per heavy atom. The molecule has 0 unspecified atom stereocenters. The third-order valence-corrected chi connectivity index (χ3v) is 3.98. The topological polar surface area (TPSA) is 42.0 Å². The van der Waals surface area contributed by atoms with Gasteiger partial charge in [0.25, 0.3) is 0 Å². The Labute approximate surface area is 121 Å². The number of hydrogen-bond donors (Lipinski definition) is 1. The quantitative estimate of drug-likeness (QED) is 0.926. The lowest BCUT2D eigenvalue weighted by molar-refractivity contribution is -0.116. The average molecular weight is 295 g/mol. The summed E-state index contributed by atoms with van der Waals surface area (Å²) in [5.74, 6) is -0.0222. The summed E-state index contributed by atoms with van der Waals surface area (Å²) in [6.45, 7) is 3.92. The molecule has 0 aliphatic heterocycles. The van der Waals surface area contributed by atoms with Crippen molar-refractivity contribution in [2.24, 2.45) is 0 Å². The van der Waals surface area contributed by atoms with Gasteiger partial charge in [-0.15, -0.1) is 11.3 Å². The maximum absolute atomic E-state index is 11.8. The highest BCUT2D eigenvalue weighted by atomic mass is 35.5.